The van der Waals surface area contributed by atoms with Crippen LogP contribution in [0.3, 0.4) is 0 Å². The van der Waals surface area contributed by atoms with E-state index in [1.807, 2.05) is 25.1 Å². The minimum atomic E-state index is -1.37. The van der Waals surface area contributed by atoms with Gasteiger partial charge < -0.3 is 14.8 Å². The van der Waals surface area contributed by atoms with Crippen molar-refractivity contribution in [2.45, 2.75) is 32.0 Å². The van der Waals surface area contributed by atoms with Gasteiger partial charge in [0.25, 0.3) is 0 Å². The average molecular weight is 267 g/mol. The van der Waals surface area contributed by atoms with E-state index in [9.17, 15) is 4.39 Å². The van der Waals surface area contributed by atoms with Crippen molar-refractivity contribution in [3.63, 3.8) is 0 Å². The number of alkyl halides is 1. The van der Waals surface area contributed by atoms with Gasteiger partial charge in [0.1, 0.15) is 11.4 Å². The van der Waals surface area contributed by atoms with Gasteiger partial charge in [-0.05, 0) is 37.1 Å². The molecule has 2 unspecified atom stereocenters. The van der Waals surface area contributed by atoms with Gasteiger partial charge in [-0.25, -0.2) is 4.39 Å². The zero-order valence-electron chi connectivity index (χ0n) is 11.8. The second kappa shape index (κ2) is 5.88. The molecule has 1 fully saturated rings. The molecule has 106 valence electrons. The highest BCUT2D eigenvalue weighted by molar-refractivity contribution is 5.38. The molecule has 3 nitrogen and oxygen atoms in total. The summed E-state index contributed by atoms with van der Waals surface area (Å²) in [6.07, 6.45) is 0.417. The summed E-state index contributed by atoms with van der Waals surface area (Å²) in [4.78, 5) is 0. The Balaban J connectivity index is 2.13. The normalized spacial score (nSPS) is 22.8. The van der Waals surface area contributed by atoms with Gasteiger partial charge in [0, 0.05) is 19.0 Å². The maximum Gasteiger partial charge on any atom is 0.135 e. The fourth-order valence-electron chi connectivity index (χ4n) is 2.67. The second-order valence-electron chi connectivity index (χ2n) is 5.31. The molecular formula is C15H22FNO2. The number of rotatable bonds is 4. The highest BCUT2D eigenvalue weighted by Gasteiger charge is 2.32. The van der Waals surface area contributed by atoms with Crippen LogP contribution in [0.1, 0.15) is 24.5 Å². The molecule has 1 aromatic carbocycles. The first kappa shape index (κ1) is 14.3. The van der Waals surface area contributed by atoms with Gasteiger partial charge in [0.2, 0.25) is 0 Å². The topological polar surface area (TPSA) is 30.5 Å². The number of hydrogen-bond acceptors (Lipinski definition) is 3. The van der Waals surface area contributed by atoms with Crippen LogP contribution in [0, 0.1) is 6.92 Å². The fraction of sp³-hybridized carbons (Fsp3) is 0.600. The van der Waals surface area contributed by atoms with Crippen LogP contribution in [0.2, 0.25) is 0 Å². The van der Waals surface area contributed by atoms with Crippen molar-refractivity contribution >= 4 is 0 Å². The lowest BCUT2D eigenvalue weighted by molar-refractivity contribution is 0.0473. The standard InChI is InChI=1S/C15H22FNO2/c1-11-8-13(18-3)4-5-14(11)15(2,16)9-12-10-19-7-6-17-12/h4-5,8,12,17H,6-7,9-10H2,1-3H3. The third-order valence-corrected chi connectivity index (χ3v) is 3.62. The minimum Gasteiger partial charge on any atom is -0.497 e. The Labute approximate surface area is 114 Å². The molecular weight excluding hydrogens is 245 g/mol. The maximum atomic E-state index is 15.0. The Morgan fingerprint density at radius 2 is 2.32 bits per heavy atom. The van der Waals surface area contributed by atoms with Gasteiger partial charge in [-0.3, -0.25) is 0 Å². The summed E-state index contributed by atoms with van der Waals surface area (Å²) in [6, 6.07) is 5.58. The van der Waals surface area contributed by atoms with E-state index in [2.05, 4.69) is 5.32 Å². The number of benzene rings is 1. The van der Waals surface area contributed by atoms with Crippen LogP contribution in [0.15, 0.2) is 18.2 Å². The predicted octanol–water partition coefficient (Wildman–Crippen LogP) is 2.57. The molecule has 4 heteroatoms. The molecule has 1 aliphatic rings. The van der Waals surface area contributed by atoms with E-state index in [0.717, 1.165) is 23.4 Å². The van der Waals surface area contributed by atoms with Crippen molar-refractivity contribution in [2.24, 2.45) is 0 Å². The Kier molecular flexibility index (Phi) is 4.42. The van der Waals surface area contributed by atoms with Gasteiger partial charge in [0.05, 0.1) is 20.3 Å². The third-order valence-electron chi connectivity index (χ3n) is 3.62. The molecule has 1 heterocycles. The highest BCUT2D eigenvalue weighted by atomic mass is 19.1. The van der Waals surface area contributed by atoms with E-state index >= 15 is 0 Å². The van der Waals surface area contributed by atoms with E-state index in [4.69, 9.17) is 9.47 Å². The first-order valence-corrected chi connectivity index (χ1v) is 6.68. The molecule has 0 bridgehead atoms. The number of aryl methyl sites for hydroxylation is 1. The molecule has 1 aliphatic heterocycles. The van der Waals surface area contributed by atoms with Crippen LogP contribution in [-0.2, 0) is 10.4 Å². The summed E-state index contributed by atoms with van der Waals surface area (Å²) in [5, 5.41) is 3.30. The van der Waals surface area contributed by atoms with Crippen molar-refractivity contribution in [1.29, 1.82) is 0 Å². The molecule has 0 spiro atoms. The van der Waals surface area contributed by atoms with Crippen LogP contribution in [0.5, 0.6) is 5.75 Å². The van der Waals surface area contributed by atoms with Crippen molar-refractivity contribution < 1.29 is 13.9 Å². The SMILES string of the molecule is COc1ccc(C(C)(F)CC2COCCN2)c(C)c1. The van der Waals surface area contributed by atoms with Crippen molar-refractivity contribution in [3.05, 3.63) is 29.3 Å². The van der Waals surface area contributed by atoms with E-state index in [0.29, 0.717) is 19.6 Å². The van der Waals surface area contributed by atoms with Gasteiger partial charge in [-0.15, -0.1) is 0 Å². The number of ether oxygens (including phenoxy) is 2. The monoisotopic (exact) mass is 267 g/mol. The van der Waals surface area contributed by atoms with Crippen molar-refractivity contribution in [3.8, 4) is 5.75 Å². The summed E-state index contributed by atoms with van der Waals surface area (Å²) in [5.41, 5.74) is 0.274. The van der Waals surface area contributed by atoms with Gasteiger partial charge >= 0.3 is 0 Å². The number of halogens is 1. The van der Waals surface area contributed by atoms with Crippen molar-refractivity contribution in [1.82, 2.24) is 5.32 Å². The lowest BCUT2D eigenvalue weighted by Gasteiger charge is -2.31. The number of nitrogens with one attached hydrogen (secondary N) is 1. The molecule has 1 N–H and O–H groups in total. The Morgan fingerprint density at radius 3 is 2.89 bits per heavy atom. The predicted molar refractivity (Wildman–Crippen MR) is 73.4 cm³/mol. The quantitative estimate of drug-likeness (QED) is 0.909. The number of methoxy groups -OCH3 is 1. The smallest absolute Gasteiger partial charge is 0.135 e. The van der Waals surface area contributed by atoms with Gasteiger partial charge in [0.15, 0.2) is 0 Å². The summed E-state index contributed by atoms with van der Waals surface area (Å²) >= 11 is 0. The van der Waals surface area contributed by atoms with Crippen LogP contribution in [-0.4, -0.2) is 32.9 Å². The molecule has 0 amide bonds. The second-order valence-corrected chi connectivity index (χ2v) is 5.31. The molecule has 2 rings (SSSR count). The van der Waals surface area contributed by atoms with Crippen LogP contribution >= 0.6 is 0 Å². The highest BCUT2D eigenvalue weighted by Crippen LogP contribution is 2.34. The summed E-state index contributed by atoms with van der Waals surface area (Å²) in [7, 11) is 1.62. The molecule has 2 atom stereocenters. The van der Waals surface area contributed by atoms with E-state index < -0.39 is 5.67 Å². The third kappa shape index (κ3) is 3.45. The van der Waals surface area contributed by atoms with Gasteiger partial charge in [-0.1, -0.05) is 6.07 Å². The maximum absolute atomic E-state index is 15.0. The largest absolute Gasteiger partial charge is 0.497 e. The van der Waals surface area contributed by atoms with Crippen molar-refractivity contribution in [2.75, 3.05) is 26.9 Å². The number of morpholine rings is 1. The first-order chi connectivity index (χ1) is 9.03. The molecule has 1 aromatic rings. The van der Waals surface area contributed by atoms with Crippen LogP contribution in [0.25, 0.3) is 0 Å². The minimum absolute atomic E-state index is 0.0743. The molecule has 1 saturated heterocycles. The first-order valence-electron chi connectivity index (χ1n) is 6.68. The molecule has 0 radical (unpaired) electrons. The molecule has 19 heavy (non-hydrogen) atoms. The Morgan fingerprint density at radius 1 is 1.53 bits per heavy atom. The Hall–Kier alpha value is -1.13. The van der Waals surface area contributed by atoms with E-state index in [1.165, 1.54) is 0 Å². The summed E-state index contributed by atoms with van der Waals surface area (Å²) in [6.45, 7) is 5.64. The Bertz CT molecular complexity index is 428. The summed E-state index contributed by atoms with van der Waals surface area (Å²) < 4.78 is 25.5. The lowest BCUT2D eigenvalue weighted by Crippen LogP contribution is -2.44. The number of hydrogen-bond donors (Lipinski definition) is 1. The average Bonchev–Trinajstić information content (AvgIpc) is 2.38. The summed E-state index contributed by atoms with van der Waals surface area (Å²) in [5.74, 6) is 0.760. The molecule has 0 aromatic heterocycles. The van der Waals surface area contributed by atoms with Crippen LogP contribution in [0.4, 0.5) is 4.39 Å². The lowest BCUT2D eigenvalue weighted by atomic mass is 9.87. The van der Waals surface area contributed by atoms with Crippen LogP contribution < -0.4 is 10.1 Å². The fourth-order valence-corrected chi connectivity index (χ4v) is 2.67. The zero-order chi connectivity index (χ0) is 13.9. The molecule has 0 aliphatic carbocycles. The van der Waals surface area contributed by atoms with E-state index in [-0.39, 0.29) is 6.04 Å². The molecule has 0 saturated carbocycles. The van der Waals surface area contributed by atoms with Gasteiger partial charge in [-0.2, -0.15) is 0 Å². The zero-order valence-corrected chi connectivity index (χ0v) is 11.8. The van der Waals surface area contributed by atoms with E-state index in [1.54, 1.807) is 14.0 Å².